The predicted octanol–water partition coefficient (Wildman–Crippen LogP) is 4.62. The molecule has 18 heavy (non-hydrogen) atoms. The molecular formula is C14H12Cl2FN. The number of nitrogens with zero attached hydrogens (tertiary/aromatic N) is 1. The Morgan fingerprint density at radius 1 is 1.17 bits per heavy atom. The van der Waals surface area contributed by atoms with Gasteiger partial charge in [-0.25, -0.2) is 4.39 Å². The molecule has 0 fully saturated rings. The van der Waals surface area contributed by atoms with Crippen molar-refractivity contribution in [1.82, 2.24) is 4.98 Å². The fourth-order valence-corrected chi connectivity index (χ4v) is 2.28. The molecule has 1 aromatic carbocycles. The van der Waals surface area contributed by atoms with E-state index in [2.05, 4.69) is 4.98 Å². The summed E-state index contributed by atoms with van der Waals surface area (Å²) in [6.07, 6.45) is 3.12. The number of hydrogen-bond donors (Lipinski definition) is 0. The highest BCUT2D eigenvalue weighted by atomic mass is 35.5. The van der Waals surface area contributed by atoms with Crippen molar-refractivity contribution in [2.75, 3.05) is 0 Å². The molecule has 0 N–H and O–H groups in total. The van der Waals surface area contributed by atoms with Crippen LogP contribution in [0.25, 0.3) is 0 Å². The maximum atomic E-state index is 12.9. The first-order valence-electron chi connectivity index (χ1n) is 5.61. The molecule has 0 spiro atoms. The van der Waals surface area contributed by atoms with Crippen LogP contribution >= 0.6 is 23.2 Å². The zero-order chi connectivity index (χ0) is 13.1. The Bertz CT molecular complexity index is 518. The Morgan fingerprint density at radius 3 is 2.61 bits per heavy atom. The van der Waals surface area contributed by atoms with Gasteiger partial charge in [0.1, 0.15) is 5.82 Å². The number of benzene rings is 1. The van der Waals surface area contributed by atoms with Crippen molar-refractivity contribution in [2.24, 2.45) is 0 Å². The Kier molecular flexibility index (Phi) is 4.20. The number of hydrogen-bond acceptors (Lipinski definition) is 1. The summed E-state index contributed by atoms with van der Waals surface area (Å²) in [5.41, 5.74) is 2.97. The third kappa shape index (κ3) is 3.21. The molecular weight excluding hydrogens is 272 g/mol. The van der Waals surface area contributed by atoms with Crippen LogP contribution in [0, 0.1) is 12.7 Å². The van der Waals surface area contributed by atoms with E-state index in [9.17, 15) is 4.39 Å². The van der Waals surface area contributed by atoms with Crippen LogP contribution in [0.4, 0.5) is 4.39 Å². The highest BCUT2D eigenvalue weighted by molar-refractivity contribution is 6.31. The van der Waals surface area contributed by atoms with Gasteiger partial charge in [0.05, 0.1) is 5.02 Å². The molecule has 94 valence electrons. The highest BCUT2D eigenvalue weighted by Crippen LogP contribution is 2.20. The zero-order valence-electron chi connectivity index (χ0n) is 9.88. The minimum absolute atomic E-state index is 0.315. The van der Waals surface area contributed by atoms with Crippen molar-refractivity contribution in [3.05, 3.63) is 63.1 Å². The lowest BCUT2D eigenvalue weighted by Crippen LogP contribution is -1.98. The van der Waals surface area contributed by atoms with E-state index < -0.39 is 0 Å². The summed E-state index contributed by atoms with van der Waals surface area (Å²) in [7, 11) is 0. The number of pyridine rings is 1. The van der Waals surface area contributed by atoms with Crippen molar-refractivity contribution in [3.8, 4) is 0 Å². The van der Waals surface area contributed by atoms with E-state index in [4.69, 9.17) is 23.2 Å². The van der Waals surface area contributed by atoms with Gasteiger partial charge in [-0.15, -0.1) is 0 Å². The lowest BCUT2D eigenvalue weighted by atomic mass is 10.1. The molecule has 2 rings (SSSR count). The van der Waals surface area contributed by atoms with E-state index in [0.29, 0.717) is 10.0 Å². The Morgan fingerprint density at radius 2 is 1.94 bits per heavy atom. The van der Waals surface area contributed by atoms with Crippen molar-refractivity contribution in [2.45, 2.75) is 19.8 Å². The van der Waals surface area contributed by atoms with Gasteiger partial charge in [-0.05, 0) is 49.1 Å². The SMILES string of the molecule is Cc1cc(Cl)cnc1CCc1ccc(F)cc1Cl. The van der Waals surface area contributed by atoms with E-state index in [1.165, 1.54) is 12.1 Å². The van der Waals surface area contributed by atoms with Crippen molar-refractivity contribution in [1.29, 1.82) is 0 Å². The lowest BCUT2D eigenvalue weighted by molar-refractivity contribution is 0.627. The van der Waals surface area contributed by atoms with Crippen molar-refractivity contribution in [3.63, 3.8) is 0 Å². The largest absolute Gasteiger partial charge is 0.259 e. The average molecular weight is 284 g/mol. The van der Waals surface area contributed by atoms with Crippen LogP contribution in [0.5, 0.6) is 0 Å². The second kappa shape index (κ2) is 5.68. The molecule has 0 aliphatic heterocycles. The first-order valence-corrected chi connectivity index (χ1v) is 6.37. The van der Waals surface area contributed by atoms with E-state index >= 15 is 0 Å². The number of aryl methyl sites for hydroxylation is 3. The predicted molar refractivity (Wildman–Crippen MR) is 72.8 cm³/mol. The second-order valence-corrected chi connectivity index (χ2v) is 5.00. The molecule has 1 nitrogen and oxygen atoms in total. The van der Waals surface area contributed by atoms with Gasteiger partial charge in [-0.3, -0.25) is 4.98 Å². The minimum atomic E-state index is -0.315. The standard InChI is InChI=1S/C14H12Cl2FN/c1-9-6-11(15)8-18-14(9)5-3-10-2-4-12(17)7-13(10)16/h2,4,6-8H,3,5H2,1H3. The number of rotatable bonds is 3. The van der Waals surface area contributed by atoms with Gasteiger partial charge in [-0.2, -0.15) is 0 Å². The van der Waals surface area contributed by atoms with Crippen molar-refractivity contribution >= 4 is 23.2 Å². The topological polar surface area (TPSA) is 12.9 Å². The molecule has 1 aromatic heterocycles. The van der Waals surface area contributed by atoms with Gasteiger partial charge in [0.15, 0.2) is 0 Å². The van der Waals surface area contributed by atoms with Crippen LogP contribution in [-0.2, 0) is 12.8 Å². The van der Waals surface area contributed by atoms with Crippen LogP contribution in [0.15, 0.2) is 30.5 Å². The second-order valence-electron chi connectivity index (χ2n) is 4.15. The quantitative estimate of drug-likeness (QED) is 0.801. The van der Waals surface area contributed by atoms with Crippen LogP contribution in [0.1, 0.15) is 16.8 Å². The summed E-state index contributed by atoms with van der Waals surface area (Å²) < 4.78 is 12.9. The molecule has 0 aliphatic carbocycles. The molecule has 0 bridgehead atoms. The average Bonchev–Trinajstić information content (AvgIpc) is 2.30. The highest BCUT2D eigenvalue weighted by Gasteiger charge is 2.05. The van der Waals surface area contributed by atoms with Gasteiger partial charge < -0.3 is 0 Å². The van der Waals surface area contributed by atoms with Crippen LogP contribution < -0.4 is 0 Å². The van der Waals surface area contributed by atoms with E-state index in [1.54, 1.807) is 12.3 Å². The zero-order valence-corrected chi connectivity index (χ0v) is 11.4. The lowest BCUT2D eigenvalue weighted by Gasteiger charge is -2.07. The fourth-order valence-electron chi connectivity index (χ4n) is 1.81. The molecule has 2 aromatic rings. The molecule has 0 saturated heterocycles. The Labute approximate surface area is 116 Å². The van der Waals surface area contributed by atoms with Gasteiger partial charge in [-0.1, -0.05) is 29.3 Å². The minimum Gasteiger partial charge on any atom is -0.259 e. The summed E-state index contributed by atoms with van der Waals surface area (Å²) in [6.45, 7) is 1.97. The van der Waals surface area contributed by atoms with Gasteiger partial charge >= 0.3 is 0 Å². The molecule has 0 aliphatic rings. The normalized spacial score (nSPS) is 10.7. The van der Waals surface area contributed by atoms with Crippen LogP contribution in [-0.4, -0.2) is 4.98 Å². The van der Waals surface area contributed by atoms with Gasteiger partial charge in [0, 0.05) is 16.9 Å². The third-order valence-corrected chi connectivity index (χ3v) is 3.36. The summed E-state index contributed by atoms with van der Waals surface area (Å²) in [5.74, 6) is -0.315. The van der Waals surface area contributed by atoms with Crippen LogP contribution in [0.2, 0.25) is 10.0 Å². The summed E-state index contributed by atoms with van der Waals surface area (Å²) in [6, 6.07) is 6.35. The summed E-state index contributed by atoms with van der Waals surface area (Å²) in [4.78, 5) is 4.29. The van der Waals surface area contributed by atoms with Crippen molar-refractivity contribution < 1.29 is 4.39 Å². The molecule has 0 amide bonds. The summed E-state index contributed by atoms with van der Waals surface area (Å²) >= 11 is 11.8. The monoisotopic (exact) mass is 283 g/mol. The summed E-state index contributed by atoms with van der Waals surface area (Å²) in [5, 5.41) is 1.10. The van der Waals surface area contributed by atoms with E-state index in [-0.39, 0.29) is 5.82 Å². The Balaban J connectivity index is 2.11. The molecule has 4 heteroatoms. The molecule has 1 heterocycles. The maximum absolute atomic E-state index is 12.9. The third-order valence-electron chi connectivity index (χ3n) is 2.80. The van der Waals surface area contributed by atoms with E-state index in [1.807, 2.05) is 13.0 Å². The van der Waals surface area contributed by atoms with Gasteiger partial charge in [0.2, 0.25) is 0 Å². The van der Waals surface area contributed by atoms with E-state index in [0.717, 1.165) is 29.7 Å². The first kappa shape index (κ1) is 13.3. The van der Waals surface area contributed by atoms with Gasteiger partial charge in [0.25, 0.3) is 0 Å². The number of halogens is 3. The maximum Gasteiger partial charge on any atom is 0.124 e. The number of aromatic nitrogens is 1. The Hall–Kier alpha value is -1.12. The molecule has 0 unspecified atom stereocenters. The molecule has 0 atom stereocenters. The molecule has 0 radical (unpaired) electrons. The van der Waals surface area contributed by atoms with Crippen LogP contribution in [0.3, 0.4) is 0 Å². The molecule has 0 saturated carbocycles. The first-order chi connectivity index (χ1) is 8.56. The fraction of sp³-hybridized carbons (Fsp3) is 0.214. The smallest absolute Gasteiger partial charge is 0.124 e.